The predicted molar refractivity (Wildman–Crippen MR) is 161 cm³/mol. The molecule has 5 aromatic rings. The van der Waals surface area contributed by atoms with Crippen molar-refractivity contribution in [2.75, 3.05) is 6.61 Å². The van der Waals surface area contributed by atoms with Crippen LogP contribution >= 0.6 is 11.3 Å². The molecule has 0 aliphatic heterocycles. The van der Waals surface area contributed by atoms with Gasteiger partial charge in [0.2, 0.25) is 0 Å². The largest absolute Gasteiger partial charge is 0.492 e. The SMILES string of the molecule is O=NC(c1ccccc1)c1ccc2c(c1)sc(=O)n2CCOc1ccc(C[C@H](NC(=O)c2ccccc2)C(=O)O)cc1. The molecule has 0 spiro atoms. The van der Waals surface area contributed by atoms with E-state index in [1.165, 1.54) is 0 Å². The van der Waals surface area contributed by atoms with Crippen molar-refractivity contribution in [3.05, 3.63) is 140 Å². The summed E-state index contributed by atoms with van der Waals surface area (Å²) in [5.74, 6) is -1.01. The zero-order chi connectivity index (χ0) is 29.5. The van der Waals surface area contributed by atoms with Gasteiger partial charge in [-0.15, -0.1) is 4.91 Å². The van der Waals surface area contributed by atoms with Gasteiger partial charge in [0.1, 0.15) is 24.4 Å². The molecular weight excluding hydrogens is 554 g/mol. The molecule has 0 aliphatic carbocycles. The fourth-order valence-electron chi connectivity index (χ4n) is 4.66. The number of carbonyl (C=O) groups is 2. The Morgan fingerprint density at radius 3 is 2.26 bits per heavy atom. The average Bonchev–Trinajstić information content (AvgIpc) is 3.33. The van der Waals surface area contributed by atoms with Gasteiger partial charge in [0, 0.05) is 12.0 Å². The maximum absolute atomic E-state index is 12.7. The Hall–Kier alpha value is -5.09. The highest BCUT2D eigenvalue weighted by atomic mass is 32.1. The van der Waals surface area contributed by atoms with Crippen LogP contribution in [0.4, 0.5) is 0 Å². The Labute approximate surface area is 245 Å². The summed E-state index contributed by atoms with van der Waals surface area (Å²) in [5.41, 5.74) is 3.37. The highest BCUT2D eigenvalue weighted by molar-refractivity contribution is 7.16. The molecule has 2 N–H and O–H groups in total. The van der Waals surface area contributed by atoms with Crippen LogP contribution in [-0.4, -0.2) is 34.2 Å². The van der Waals surface area contributed by atoms with Crippen LogP contribution in [0.5, 0.6) is 5.75 Å². The molecule has 1 unspecified atom stereocenters. The van der Waals surface area contributed by atoms with Gasteiger partial charge in [-0.3, -0.25) is 14.2 Å². The second kappa shape index (κ2) is 13.0. The lowest BCUT2D eigenvalue weighted by molar-refractivity contribution is -0.139. The van der Waals surface area contributed by atoms with Crippen LogP contribution in [0.2, 0.25) is 0 Å². The van der Waals surface area contributed by atoms with Crippen molar-refractivity contribution in [3.63, 3.8) is 0 Å². The summed E-state index contributed by atoms with van der Waals surface area (Å²) in [6, 6.07) is 28.4. The van der Waals surface area contributed by atoms with Gasteiger partial charge >= 0.3 is 10.8 Å². The van der Waals surface area contributed by atoms with E-state index < -0.39 is 24.0 Å². The van der Waals surface area contributed by atoms with Crippen LogP contribution < -0.4 is 14.9 Å². The van der Waals surface area contributed by atoms with Gasteiger partial charge in [-0.05, 0) is 53.1 Å². The van der Waals surface area contributed by atoms with E-state index in [1.807, 2.05) is 48.5 Å². The van der Waals surface area contributed by atoms with E-state index in [0.29, 0.717) is 17.9 Å². The van der Waals surface area contributed by atoms with Gasteiger partial charge < -0.3 is 15.2 Å². The maximum atomic E-state index is 12.7. The molecule has 9 nitrogen and oxygen atoms in total. The molecule has 0 saturated heterocycles. The second-order valence-corrected chi connectivity index (χ2v) is 10.6. The van der Waals surface area contributed by atoms with E-state index >= 15 is 0 Å². The van der Waals surface area contributed by atoms with Crippen molar-refractivity contribution < 1.29 is 19.4 Å². The minimum atomic E-state index is -1.13. The van der Waals surface area contributed by atoms with E-state index in [1.54, 1.807) is 59.2 Å². The van der Waals surface area contributed by atoms with Crippen molar-refractivity contribution in [1.29, 1.82) is 0 Å². The maximum Gasteiger partial charge on any atom is 0.326 e. The Morgan fingerprint density at radius 2 is 1.60 bits per heavy atom. The number of carbonyl (C=O) groups excluding carboxylic acids is 1. The van der Waals surface area contributed by atoms with E-state index in [2.05, 4.69) is 10.5 Å². The molecule has 2 atom stereocenters. The summed E-state index contributed by atoms with van der Waals surface area (Å²) in [6.45, 7) is 0.556. The van der Waals surface area contributed by atoms with Crippen LogP contribution in [0, 0.1) is 4.91 Å². The van der Waals surface area contributed by atoms with Crippen LogP contribution in [0.3, 0.4) is 0 Å². The van der Waals surface area contributed by atoms with Gasteiger partial charge in [0.05, 0.1) is 16.8 Å². The van der Waals surface area contributed by atoms with E-state index in [4.69, 9.17) is 4.74 Å². The number of rotatable bonds is 12. The van der Waals surface area contributed by atoms with E-state index in [0.717, 1.165) is 38.2 Å². The third-order valence-corrected chi connectivity index (χ3v) is 7.76. The summed E-state index contributed by atoms with van der Waals surface area (Å²) in [7, 11) is 0. The quantitative estimate of drug-likeness (QED) is 0.189. The minimum absolute atomic E-state index is 0.108. The summed E-state index contributed by atoms with van der Waals surface area (Å²) < 4.78 is 8.25. The van der Waals surface area contributed by atoms with Gasteiger partial charge in [-0.1, -0.05) is 83.2 Å². The molecule has 0 bridgehead atoms. The minimum Gasteiger partial charge on any atom is -0.492 e. The molecule has 1 aromatic heterocycles. The van der Waals surface area contributed by atoms with Crippen LogP contribution in [-0.2, 0) is 17.8 Å². The fraction of sp³-hybridized carbons (Fsp3) is 0.156. The first-order valence-corrected chi connectivity index (χ1v) is 14.1. The number of nitrogens with one attached hydrogen (secondary N) is 1. The predicted octanol–water partition coefficient (Wildman–Crippen LogP) is 5.42. The van der Waals surface area contributed by atoms with Crippen molar-refractivity contribution in [3.8, 4) is 5.75 Å². The smallest absolute Gasteiger partial charge is 0.326 e. The molecule has 1 amide bonds. The zero-order valence-electron chi connectivity index (χ0n) is 22.4. The lowest BCUT2D eigenvalue weighted by atomic mass is 9.99. The topological polar surface area (TPSA) is 127 Å². The van der Waals surface area contributed by atoms with Crippen molar-refractivity contribution in [2.24, 2.45) is 5.18 Å². The summed E-state index contributed by atoms with van der Waals surface area (Å²) >= 11 is 1.11. The van der Waals surface area contributed by atoms with E-state index in [9.17, 15) is 24.4 Å². The van der Waals surface area contributed by atoms with Crippen molar-refractivity contribution in [1.82, 2.24) is 9.88 Å². The molecule has 10 heteroatoms. The van der Waals surface area contributed by atoms with Crippen LogP contribution in [0.1, 0.15) is 33.1 Å². The number of hydrogen-bond donors (Lipinski definition) is 2. The molecule has 212 valence electrons. The number of fused-ring (bicyclic) bond motifs is 1. The Balaban J connectivity index is 1.20. The summed E-state index contributed by atoms with van der Waals surface area (Å²) in [4.78, 5) is 48.4. The number of aromatic nitrogens is 1. The van der Waals surface area contributed by atoms with Gasteiger partial charge in [0.25, 0.3) is 5.91 Å². The van der Waals surface area contributed by atoms with Crippen molar-refractivity contribution in [2.45, 2.75) is 25.0 Å². The Morgan fingerprint density at radius 1 is 0.905 bits per heavy atom. The second-order valence-electron chi connectivity index (χ2n) is 9.59. The number of aliphatic carboxylic acids is 1. The molecule has 4 aromatic carbocycles. The molecule has 1 heterocycles. The van der Waals surface area contributed by atoms with Crippen LogP contribution in [0.25, 0.3) is 10.2 Å². The zero-order valence-corrected chi connectivity index (χ0v) is 23.2. The molecular formula is C32H27N3O6S. The average molecular weight is 582 g/mol. The van der Waals surface area contributed by atoms with Gasteiger partial charge in [-0.25, -0.2) is 4.79 Å². The standard InChI is InChI=1S/C32H27N3O6S/c36-30(23-9-5-2-6-10-23)33-26(31(37)38)19-21-11-14-25(15-12-21)41-18-17-35-27-16-13-24(20-28(27)42-32(35)39)29(34-40)22-7-3-1-4-8-22/h1-16,20,26,29H,17-19H2,(H,33,36)(H,37,38)/t26-,29?/m0/s1. The first-order chi connectivity index (χ1) is 20.4. The molecule has 0 radical (unpaired) electrons. The number of ether oxygens (including phenoxy) is 1. The number of nitrogens with zero attached hydrogens (tertiary/aromatic N) is 2. The third-order valence-electron chi connectivity index (χ3n) is 6.81. The summed E-state index contributed by atoms with van der Waals surface area (Å²) in [5, 5.41) is 15.5. The lowest BCUT2D eigenvalue weighted by Crippen LogP contribution is -2.42. The molecule has 42 heavy (non-hydrogen) atoms. The fourth-order valence-corrected chi connectivity index (χ4v) is 5.62. The Bertz CT molecular complexity index is 1750. The monoisotopic (exact) mass is 581 g/mol. The van der Waals surface area contributed by atoms with Crippen LogP contribution in [0.15, 0.2) is 113 Å². The normalized spacial score (nSPS) is 12.4. The molecule has 0 saturated carbocycles. The highest BCUT2D eigenvalue weighted by Crippen LogP contribution is 2.29. The first kappa shape index (κ1) is 28.4. The number of hydrogen-bond acceptors (Lipinski definition) is 7. The number of thiazole rings is 1. The molecule has 0 fully saturated rings. The van der Waals surface area contributed by atoms with Gasteiger partial charge in [-0.2, -0.15) is 0 Å². The van der Waals surface area contributed by atoms with Crippen molar-refractivity contribution >= 4 is 33.4 Å². The number of carboxylic acids is 1. The number of carboxylic acid groups (broad SMARTS) is 1. The molecule has 5 rings (SSSR count). The number of amides is 1. The van der Waals surface area contributed by atoms with E-state index in [-0.39, 0.29) is 17.9 Å². The number of benzene rings is 4. The summed E-state index contributed by atoms with van der Waals surface area (Å²) in [6.07, 6.45) is 0.108. The third kappa shape index (κ3) is 6.61. The Kier molecular flexibility index (Phi) is 8.84. The lowest BCUT2D eigenvalue weighted by Gasteiger charge is -2.15. The first-order valence-electron chi connectivity index (χ1n) is 13.2. The number of nitroso groups, excluding NO2 is 1. The van der Waals surface area contributed by atoms with Gasteiger partial charge in [0.15, 0.2) is 0 Å². The molecule has 0 aliphatic rings. The highest BCUT2D eigenvalue weighted by Gasteiger charge is 2.21.